The number of nitrogen functional groups attached to an aromatic ring is 1. The maximum Gasteiger partial charge on any atom is 0.254 e. The van der Waals surface area contributed by atoms with Gasteiger partial charge in [0.05, 0.1) is 5.56 Å². The monoisotopic (exact) mass is 352 g/mol. The van der Waals surface area contributed by atoms with Gasteiger partial charge in [-0.2, -0.15) is 4.98 Å². The van der Waals surface area contributed by atoms with Crippen molar-refractivity contribution in [3.05, 3.63) is 71.7 Å². The molecule has 1 amide bonds. The molecule has 6 N–H and O–H groups in total. The number of carbonyl (C=O) groups excluding carboxylic acids is 1. The molecule has 0 radical (unpaired) electrons. The molecule has 3 aromatic rings. The number of rotatable bonds is 6. The van der Waals surface area contributed by atoms with Crippen molar-refractivity contribution in [2.75, 3.05) is 16.4 Å². The molecule has 1 aromatic heterocycles. The fourth-order valence-corrected chi connectivity index (χ4v) is 2.32. The van der Waals surface area contributed by atoms with Gasteiger partial charge in [-0.05, 0) is 24.3 Å². The Kier molecular flexibility index (Phi) is 4.93. The first-order valence-corrected chi connectivity index (χ1v) is 7.79. The Morgan fingerprint density at radius 1 is 1.15 bits per heavy atom. The van der Waals surface area contributed by atoms with Crippen LogP contribution in [0.1, 0.15) is 15.9 Å². The number of nitrogens with one attached hydrogen (secondary N) is 2. The smallest absolute Gasteiger partial charge is 0.254 e. The summed E-state index contributed by atoms with van der Waals surface area (Å²) in [5, 5.41) is 5.93. The zero-order valence-electron chi connectivity index (χ0n) is 13.7. The van der Waals surface area contributed by atoms with E-state index in [1.807, 2.05) is 0 Å². The third-order valence-corrected chi connectivity index (χ3v) is 3.60. The number of nitrogens with two attached hydrogens (primary N) is 2. The number of primary amides is 1. The lowest BCUT2D eigenvalue weighted by Gasteiger charge is -2.12. The minimum Gasteiger partial charge on any atom is -0.399 e. The number of amides is 1. The Hall–Kier alpha value is -3.68. The molecule has 8 heteroatoms. The molecule has 0 aliphatic carbocycles. The second-order valence-electron chi connectivity index (χ2n) is 5.52. The van der Waals surface area contributed by atoms with E-state index in [9.17, 15) is 9.18 Å². The molecule has 0 spiro atoms. The van der Waals surface area contributed by atoms with E-state index in [0.717, 1.165) is 0 Å². The highest BCUT2D eigenvalue weighted by Gasteiger charge is 2.13. The molecule has 0 saturated heterocycles. The Morgan fingerprint density at radius 2 is 1.96 bits per heavy atom. The van der Waals surface area contributed by atoms with Crippen LogP contribution in [-0.4, -0.2) is 15.9 Å². The van der Waals surface area contributed by atoms with Crippen molar-refractivity contribution < 1.29 is 9.18 Å². The molecule has 132 valence electrons. The molecule has 7 nitrogen and oxygen atoms in total. The van der Waals surface area contributed by atoms with Gasteiger partial charge in [0.25, 0.3) is 5.91 Å². The van der Waals surface area contributed by atoms with Crippen LogP contribution in [0.2, 0.25) is 0 Å². The Balaban J connectivity index is 1.84. The standard InChI is InChI=1S/C18H17FN6O/c19-15-7-2-1-4-11(15)9-22-17-14(16(21)26)10-23-18(25-17)24-13-6-3-5-12(20)8-13/h1-8,10H,9,20H2,(H2,21,26)(H2,22,23,24,25). The molecular weight excluding hydrogens is 335 g/mol. The van der Waals surface area contributed by atoms with Crippen molar-refractivity contribution in [1.29, 1.82) is 0 Å². The van der Waals surface area contributed by atoms with Crippen LogP contribution in [0.25, 0.3) is 0 Å². The average molecular weight is 352 g/mol. The topological polar surface area (TPSA) is 119 Å². The van der Waals surface area contributed by atoms with E-state index in [4.69, 9.17) is 11.5 Å². The van der Waals surface area contributed by atoms with E-state index < -0.39 is 5.91 Å². The van der Waals surface area contributed by atoms with Crippen LogP contribution >= 0.6 is 0 Å². The Bertz CT molecular complexity index is 946. The molecule has 0 aliphatic heterocycles. The number of nitrogens with zero attached hydrogens (tertiary/aromatic N) is 2. The molecule has 1 heterocycles. The molecule has 2 aromatic carbocycles. The summed E-state index contributed by atoms with van der Waals surface area (Å²) in [6.07, 6.45) is 1.31. The molecule has 0 bridgehead atoms. The normalized spacial score (nSPS) is 10.3. The van der Waals surface area contributed by atoms with Crippen molar-refractivity contribution in [2.45, 2.75) is 6.54 Å². The van der Waals surface area contributed by atoms with Gasteiger partial charge in [0.2, 0.25) is 5.95 Å². The lowest BCUT2D eigenvalue weighted by atomic mass is 10.2. The SMILES string of the molecule is NC(=O)c1cnc(Nc2cccc(N)c2)nc1NCc1ccccc1F. The highest BCUT2D eigenvalue weighted by molar-refractivity contribution is 5.97. The highest BCUT2D eigenvalue weighted by atomic mass is 19.1. The van der Waals surface area contributed by atoms with Gasteiger partial charge in [0, 0.05) is 29.7 Å². The summed E-state index contributed by atoms with van der Waals surface area (Å²) >= 11 is 0. The second kappa shape index (κ2) is 7.47. The molecule has 0 aliphatic rings. The van der Waals surface area contributed by atoms with E-state index in [2.05, 4.69) is 20.6 Å². The zero-order chi connectivity index (χ0) is 18.5. The van der Waals surface area contributed by atoms with E-state index in [1.165, 1.54) is 12.3 Å². The van der Waals surface area contributed by atoms with Crippen molar-refractivity contribution in [3.8, 4) is 0 Å². The molecule has 0 unspecified atom stereocenters. The van der Waals surface area contributed by atoms with E-state index in [1.54, 1.807) is 42.5 Å². The summed E-state index contributed by atoms with van der Waals surface area (Å²) < 4.78 is 13.8. The summed E-state index contributed by atoms with van der Waals surface area (Å²) in [5.41, 5.74) is 12.9. The average Bonchev–Trinajstić information content (AvgIpc) is 2.61. The second-order valence-corrected chi connectivity index (χ2v) is 5.52. The number of hydrogen-bond donors (Lipinski definition) is 4. The number of carbonyl (C=O) groups is 1. The van der Waals surface area contributed by atoms with E-state index in [-0.39, 0.29) is 29.7 Å². The van der Waals surface area contributed by atoms with Gasteiger partial charge in [-0.15, -0.1) is 0 Å². The maximum absolute atomic E-state index is 13.8. The van der Waals surface area contributed by atoms with Crippen LogP contribution in [0.3, 0.4) is 0 Å². The van der Waals surface area contributed by atoms with Gasteiger partial charge in [-0.1, -0.05) is 24.3 Å². The van der Waals surface area contributed by atoms with E-state index >= 15 is 0 Å². The fraction of sp³-hybridized carbons (Fsp3) is 0.0556. The first kappa shape index (κ1) is 17.2. The van der Waals surface area contributed by atoms with Crippen LogP contribution in [-0.2, 0) is 6.54 Å². The van der Waals surface area contributed by atoms with Gasteiger partial charge in [0.1, 0.15) is 11.6 Å². The predicted molar refractivity (Wildman–Crippen MR) is 98.4 cm³/mol. The van der Waals surface area contributed by atoms with Gasteiger partial charge < -0.3 is 22.1 Å². The number of halogens is 1. The van der Waals surface area contributed by atoms with Gasteiger partial charge in [-0.25, -0.2) is 9.37 Å². The van der Waals surface area contributed by atoms with Crippen LogP contribution in [0, 0.1) is 5.82 Å². The summed E-state index contributed by atoms with van der Waals surface area (Å²) in [6.45, 7) is 0.141. The molecule has 0 fully saturated rings. The highest BCUT2D eigenvalue weighted by Crippen LogP contribution is 2.20. The fourth-order valence-electron chi connectivity index (χ4n) is 2.32. The quantitative estimate of drug-likeness (QED) is 0.506. The third-order valence-electron chi connectivity index (χ3n) is 3.60. The minimum absolute atomic E-state index is 0.111. The minimum atomic E-state index is -0.684. The summed E-state index contributed by atoms with van der Waals surface area (Å²) in [4.78, 5) is 20.0. The van der Waals surface area contributed by atoms with Crippen LogP contribution in [0.15, 0.2) is 54.7 Å². The molecule has 0 saturated carbocycles. The lowest BCUT2D eigenvalue weighted by molar-refractivity contribution is 0.100. The Morgan fingerprint density at radius 3 is 2.69 bits per heavy atom. The first-order chi connectivity index (χ1) is 12.5. The number of anilines is 4. The van der Waals surface area contributed by atoms with Crippen molar-refractivity contribution in [1.82, 2.24) is 9.97 Å². The zero-order valence-corrected chi connectivity index (χ0v) is 13.7. The first-order valence-electron chi connectivity index (χ1n) is 7.79. The van der Waals surface area contributed by atoms with Crippen molar-refractivity contribution >= 4 is 29.0 Å². The third kappa shape index (κ3) is 4.04. The van der Waals surface area contributed by atoms with E-state index in [0.29, 0.717) is 16.9 Å². The van der Waals surface area contributed by atoms with Gasteiger partial charge in [-0.3, -0.25) is 4.79 Å². The Labute approximate surface area is 149 Å². The van der Waals surface area contributed by atoms with Crippen molar-refractivity contribution in [2.24, 2.45) is 5.73 Å². The van der Waals surface area contributed by atoms with Gasteiger partial charge in [0.15, 0.2) is 0 Å². The summed E-state index contributed by atoms with van der Waals surface area (Å²) in [6, 6.07) is 13.4. The van der Waals surface area contributed by atoms with Crippen LogP contribution < -0.4 is 22.1 Å². The molecule has 3 rings (SSSR count). The number of hydrogen-bond acceptors (Lipinski definition) is 6. The summed E-state index contributed by atoms with van der Waals surface area (Å²) in [5.74, 6) is -0.580. The lowest BCUT2D eigenvalue weighted by Crippen LogP contribution is -2.17. The number of aromatic nitrogens is 2. The molecule has 26 heavy (non-hydrogen) atoms. The predicted octanol–water partition coefficient (Wildman–Crippen LogP) is 2.65. The van der Waals surface area contributed by atoms with Gasteiger partial charge >= 0.3 is 0 Å². The van der Waals surface area contributed by atoms with Crippen molar-refractivity contribution in [3.63, 3.8) is 0 Å². The maximum atomic E-state index is 13.8. The number of benzene rings is 2. The van der Waals surface area contributed by atoms with Crippen LogP contribution in [0.5, 0.6) is 0 Å². The van der Waals surface area contributed by atoms with Crippen LogP contribution in [0.4, 0.5) is 27.5 Å². The molecule has 0 atom stereocenters. The molecular formula is C18H17FN6O. The summed E-state index contributed by atoms with van der Waals surface area (Å²) in [7, 11) is 0. The largest absolute Gasteiger partial charge is 0.399 e.